The normalized spacial score (nSPS) is 15.0. The molecule has 0 saturated carbocycles. The van der Waals surface area contributed by atoms with Crippen molar-refractivity contribution in [2.24, 2.45) is 5.92 Å². The number of thioether (sulfide) groups is 1. The molecule has 0 saturated heterocycles. The lowest BCUT2D eigenvalue weighted by atomic mass is 9.95. The third-order valence-electron chi connectivity index (χ3n) is 6.00. The highest BCUT2D eigenvalue weighted by molar-refractivity contribution is 7.99. The average Bonchev–Trinajstić information content (AvgIpc) is 3.26. The van der Waals surface area contributed by atoms with Gasteiger partial charge < -0.3 is 15.4 Å². The van der Waals surface area contributed by atoms with Gasteiger partial charge in [-0.15, -0.1) is 5.10 Å². The van der Waals surface area contributed by atoms with Gasteiger partial charge in [0.2, 0.25) is 11.1 Å². The maximum atomic E-state index is 13.6. The summed E-state index contributed by atoms with van der Waals surface area (Å²) in [7, 11) is 0. The Balaban J connectivity index is 1.65. The molecule has 0 spiro atoms. The molecule has 0 radical (unpaired) electrons. The number of hydrogen-bond donors (Lipinski definition) is 2. The van der Waals surface area contributed by atoms with Crippen molar-refractivity contribution in [2.75, 3.05) is 23.0 Å². The molecule has 1 aromatic heterocycles. The van der Waals surface area contributed by atoms with Crippen LogP contribution in [0, 0.1) is 5.92 Å². The number of aromatic nitrogens is 3. The first kappa shape index (κ1) is 25.8. The van der Waals surface area contributed by atoms with Gasteiger partial charge >= 0.3 is 0 Å². The Hall–Kier alpha value is -3.26. The second-order valence-corrected chi connectivity index (χ2v) is 10.4. The first-order valence-electron chi connectivity index (χ1n) is 12.6. The Morgan fingerprint density at radius 2 is 1.92 bits per heavy atom. The second kappa shape index (κ2) is 12.1. The van der Waals surface area contributed by atoms with E-state index in [4.69, 9.17) is 14.8 Å². The number of ether oxygens (including phenoxy) is 1. The summed E-state index contributed by atoms with van der Waals surface area (Å²) in [6.45, 7) is 9.14. The molecule has 2 N–H and O–H groups in total. The lowest BCUT2D eigenvalue weighted by Gasteiger charge is -2.28. The summed E-state index contributed by atoms with van der Waals surface area (Å²) in [6, 6.07) is 17.0. The van der Waals surface area contributed by atoms with E-state index < -0.39 is 6.04 Å². The van der Waals surface area contributed by atoms with Crippen molar-refractivity contribution in [3.63, 3.8) is 0 Å². The second-order valence-electron chi connectivity index (χ2n) is 9.35. The molecule has 8 heteroatoms. The van der Waals surface area contributed by atoms with Gasteiger partial charge in [0.05, 0.1) is 12.2 Å². The lowest BCUT2D eigenvalue weighted by molar-refractivity contribution is -0.113. The molecular formula is C28H35N5O2S. The highest BCUT2D eigenvalue weighted by Gasteiger charge is 2.34. The number of para-hydroxylation sites is 1. The molecule has 0 bridgehead atoms. The number of unbranched alkanes of at least 4 members (excludes halogenated alkanes) is 1. The van der Waals surface area contributed by atoms with Crippen molar-refractivity contribution in [1.82, 2.24) is 14.8 Å². The van der Waals surface area contributed by atoms with Gasteiger partial charge in [0.1, 0.15) is 11.8 Å². The van der Waals surface area contributed by atoms with Crippen LogP contribution in [0.5, 0.6) is 5.75 Å². The molecular weight excluding hydrogens is 470 g/mol. The van der Waals surface area contributed by atoms with Crippen LogP contribution in [0.15, 0.2) is 71.0 Å². The average molecular weight is 506 g/mol. The Morgan fingerprint density at radius 1 is 1.17 bits per heavy atom. The van der Waals surface area contributed by atoms with E-state index in [9.17, 15) is 4.79 Å². The topological polar surface area (TPSA) is 81.1 Å². The molecule has 1 atom stereocenters. The number of carbonyl (C=O) groups excluding carboxylic acids is 1. The van der Waals surface area contributed by atoms with Crippen molar-refractivity contribution >= 4 is 29.3 Å². The van der Waals surface area contributed by atoms with E-state index in [0.29, 0.717) is 29.2 Å². The number of fused-ring (bicyclic) bond motifs is 1. The molecule has 4 rings (SSSR count). The molecule has 0 fully saturated rings. The van der Waals surface area contributed by atoms with Gasteiger partial charge in [0.15, 0.2) is 0 Å². The molecule has 3 aromatic rings. The monoisotopic (exact) mass is 505 g/mol. The van der Waals surface area contributed by atoms with Gasteiger partial charge in [-0.3, -0.25) is 4.79 Å². The highest BCUT2D eigenvalue weighted by Crippen LogP contribution is 2.37. The predicted molar refractivity (Wildman–Crippen MR) is 147 cm³/mol. The van der Waals surface area contributed by atoms with Crippen LogP contribution in [0.4, 0.5) is 11.6 Å². The fraction of sp³-hybridized carbons (Fsp3) is 0.393. The standard InChI is InChI=1S/C28H35N5O2S/c1-5-6-18-36-28-31-27-29-20(4)24(26(34)30-22-10-8-7-9-11-22)25(33(27)32-28)21-12-14-23(15-13-21)35-17-16-19(2)3/h7-15,19,25H,5-6,16-18H2,1-4H3,(H,30,34)(H,29,31,32). The number of carbonyl (C=O) groups is 1. The van der Waals surface area contributed by atoms with E-state index in [0.717, 1.165) is 47.7 Å². The molecule has 0 aliphatic carbocycles. The summed E-state index contributed by atoms with van der Waals surface area (Å²) in [5, 5.41) is 11.9. The van der Waals surface area contributed by atoms with Crippen LogP contribution in [0.25, 0.3) is 0 Å². The summed E-state index contributed by atoms with van der Waals surface area (Å²) < 4.78 is 7.75. The SMILES string of the molecule is CCCCSc1nc2n(n1)C(c1ccc(OCCC(C)C)cc1)C(C(=O)Nc1ccccc1)=C(C)N2. The van der Waals surface area contributed by atoms with Crippen molar-refractivity contribution in [3.8, 4) is 5.75 Å². The van der Waals surface area contributed by atoms with Crippen molar-refractivity contribution in [3.05, 3.63) is 71.4 Å². The first-order valence-corrected chi connectivity index (χ1v) is 13.6. The minimum absolute atomic E-state index is 0.171. The molecule has 1 aliphatic rings. The molecule has 2 heterocycles. The van der Waals surface area contributed by atoms with Crippen LogP contribution in [0.1, 0.15) is 58.6 Å². The zero-order valence-electron chi connectivity index (χ0n) is 21.5. The number of nitrogens with zero attached hydrogens (tertiary/aromatic N) is 3. The van der Waals surface area contributed by atoms with Crippen molar-refractivity contribution in [2.45, 2.75) is 58.2 Å². The molecule has 2 aromatic carbocycles. The maximum absolute atomic E-state index is 13.6. The van der Waals surface area contributed by atoms with Crippen LogP contribution in [-0.2, 0) is 4.79 Å². The third kappa shape index (κ3) is 6.29. The molecule has 1 unspecified atom stereocenters. The maximum Gasteiger partial charge on any atom is 0.255 e. The van der Waals surface area contributed by atoms with Gasteiger partial charge in [-0.25, -0.2) is 4.68 Å². The summed E-state index contributed by atoms with van der Waals surface area (Å²) >= 11 is 1.64. The fourth-order valence-electron chi connectivity index (χ4n) is 3.98. The third-order valence-corrected chi connectivity index (χ3v) is 6.92. The minimum Gasteiger partial charge on any atom is -0.494 e. The summed E-state index contributed by atoms with van der Waals surface area (Å²) in [5.74, 6) is 2.84. The van der Waals surface area contributed by atoms with E-state index in [1.807, 2.05) is 66.2 Å². The number of nitrogens with one attached hydrogen (secondary N) is 2. The summed E-state index contributed by atoms with van der Waals surface area (Å²) in [4.78, 5) is 18.3. The minimum atomic E-state index is -0.414. The van der Waals surface area contributed by atoms with Gasteiger partial charge in [0.25, 0.3) is 5.91 Å². The van der Waals surface area contributed by atoms with Gasteiger partial charge in [0, 0.05) is 17.1 Å². The van der Waals surface area contributed by atoms with E-state index >= 15 is 0 Å². The highest BCUT2D eigenvalue weighted by atomic mass is 32.2. The summed E-state index contributed by atoms with van der Waals surface area (Å²) in [5.41, 5.74) is 3.06. The number of anilines is 2. The van der Waals surface area contributed by atoms with E-state index in [-0.39, 0.29) is 5.91 Å². The van der Waals surface area contributed by atoms with Crippen LogP contribution in [0.3, 0.4) is 0 Å². The van der Waals surface area contributed by atoms with Crippen LogP contribution < -0.4 is 15.4 Å². The van der Waals surface area contributed by atoms with E-state index in [1.165, 1.54) is 0 Å². The summed E-state index contributed by atoms with van der Waals surface area (Å²) in [6.07, 6.45) is 3.23. The molecule has 1 amide bonds. The van der Waals surface area contributed by atoms with Crippen LogP contribution in [0.2, 0.25) is 0 Å². The Morgan fingerprint density at radius 3 is 2.61 bits per heavy atom. The van der Waals surface area contributed by atoms with Crippen LogP contribution >= 0.6 is 11.8 Å². The fourth-order valence-corrected chi connectivity index (χ4v) is 4.89. The Kier molecular flexibility index (Phi) is 8.70. The van der Waals surface area contributed by atoms with E-state index in [1.54, 1.807) is 11.8 Å². The Labute approximate surface area is 217 Å². The zero-order chi connectivity index (χ0) is 25.5. The van der Waals surface area contributed by atoms with Gasteiger partial charge in [-0.1, -0.05) is 69.3 Å². The van der Waals surface area contributed by atoms with Crippen molar-refractivity contribution in [1.29, 1.82) is 0 Å². The first-order chi connectivity index (χ1) is 17.5. The molecule has 7 nitrogen and oxygen atoms in total. The number of allylic oxidation sites excluding steroid dienone is 1. The predicted octanol–water partition coefficient (Wildman–Crippen LogP) is 6.52. The quantitative estimate of drug-likeness (QED) is 0.228. The number of rotatable bonds is 11. The van der Waals surface area contributed by atoms with Gasteiger partial charge in [-0.05, 0) is 55.5 Å². The number of hydrogen-bond acceptors (Lipinski definition) is 6. The molecule has 36 heavy (non-hydrogen) atoms. The smallest absolute Gasteiger partial charge is 0.255 e. The molecule has 1 aliphatic heterocycles. The largest absolute Gasteiger partial charge is 0.494 e. The van der Waals surface area contributed by atoms with Gasteiger partial charge in [-0.2, -0.15) is 4.98 Å². The van der Waals surface area contributed by atoms with E-state index in [2.05, 4.69) is 31.4 Å². The zero-order valence-corrected chi connectivity index (χ0v) is 22.3. The molecule has 190 valence electrons. The van der Waals surface area contributed by atoms with Crippen LogP contribution in [-0.4, -0.2) is 33.0 Å². The number of benzene rings is 2. The number of amides is 1. The Bertz CT molecular complexity index is 1190. The van der Waals surface area contributed by atoms with Crippen molar-refractivity contribution < 1.29 is 9.53 Å². The lowest BCUT2D eigenvalue weighted by Crippen LogP contribution is -2.31.